The molecule has 3 N–H and O–H groups in total. The van der Waals surface area contributed by atoms with Crippen molar-refractivity contribution < 1.29 is 9.59 Å². The van der Waals surface area contributed by atoms with E-state index in [1.54, 1.807) is 0 Å². The number of nitrogens with two attached hydrogens (primary N) is 1. The second-order valence-corrected chi connectivity index (χ2v) is 6.76. The molecule has 2 fully saturated rings. The predicted molar refractivity (Wildman–Crippen MR) is 89.8 cm³/mol. The minimum absolute atomic E-state index is 0. The van der Waals surface area contributed by atoms with Crippen molar-refractivity contribution >= 4 is 24.2 Å². The fourth-order valence-electron chi connectivity index (χ4n) is 3.26. The fourth-order valence-corrected chi connectivity index (χ4v) is 3.26. The monoisotopic (exact) mass is 331 g/mol. The lowest BCUT2D eigenvalue weighted by Gasteiger charge is -2.26. The fraction of sp³-hybridized carbons (Fsp3) is 0.875. The summed E-state index contributed by atoms with van der Waals surface area (Å²) in [5.41, 5.74) is 5.76. The van der Waals surface area contributed by atoms with Gasteiger partial charge in [0.1, 0.15) is 0 Å². The van der Waals surface area contributed by atoms with Gasteiger partial charge in [-0.05, 0) is 26.2 Å². The van der Waals surface area contributed by atoms with Crippen molar-refractivity contribution in [1.82, 2.24) is 10.2 Å². The van der Waals surface area contributed by atoms with Crippen LogP contribution in [-0.2, 0) is 9.59 Å². The van der Waals surface area contributed by atoms with Gasteiger partial charge in [-0.15, -0.1) is 12.4 Å². The minimum Gasteiger partial charge on any atom is -0.351 e. The first-order valence-corrected chi connectivity index (χ1v) is 8.33. The van der Waals surface area contributed by atoms with Gasteiger partial charge >= 0.3 is 0 Å². The van der Waals surface area contributed by atoms with Gasteiger partial charge in [-0.2, -0.15) is 0 Å². The molecule has 0 aromatic heterocycles. The number of carbonyl (C=O) groups excluding carboxylic acids is 2. The van der Waals surface area contributed by atoms with Crippen LogP contribution in [0.5, 0.6) is 0 Å². The van der Waals surface area contributed by atoms with Crippen molar-refractivity contribution in [2.24, 2.45) is 17.6 Å². The number of hydrogen-bond donors (Lipinski definition) is 2. The maximum Gasteiger partial charge on any atom is 0.225 e. The van der Waals surface area contributed by atoms with E-state index in [0.717, 1.165) is 25.8 Å². The summed E-state index contributed by atoms with van der Waals surface area (Å²) in [6.07, 6.45) is 6.54. The molecule has 0 aromatic carbocycles. The van der Waals surface area contributed by atoms with Crippen LogP contribution in [0.25, 0.3) is 0 Å². The molecule has 5 nitrogen and oxygen atoms in total. The van der Waals surface area contributed by atoms with Crippen molar-refractivity contribution in [3.63, 3.8) is 0 Å². The Kier molecular flexibility index (Phi) is 7.63. The van der Waals surface area contributed by atoms with Crippen LogP contribution >= 0.6 is 12.4 Å². The minimum atomic E-state index is -0.187. The van der Waals surface area contributed by atoms with Crippen LogP contribution in [0.15, 0.2) is 0 Å². The standard InChI is InChI=1S/C16H29N3O2.ClH/c1-11(12(2)17)15(20)18-14-8-9-19(10-14)16(21)13-6-4-3-5-7-13;/h11-14H,3-10,17H2,1-2H3,(H,18,20);1H. The zero-order chi connectivity index (χ0) is 15.4. The van der Waals surface area contributed by atoms with E-state index in [-0.39, 0.29) is 42.2 Å². The molecule has 2 aliphatic rings. The molecule has 1 saturated heterocycles. The van der Waals surface area contributed by atoms with E-state index in [0.29, 0.717) is 12.5 Å². The lowest BCUT2D eigenvalue weighted by Crippen LogP contribution is -2.45. The van der Waals surface area contributed by atoms with E-state index in [2.05, 4.69) is 5.32 Å². The Balaban J connectivity index is 0.00000242. The van der Waals surface area contributed by atoms with Gasteiger partial charge in [0.15, 0.2) is 0 Å². The zero-order valence-electron chi connectivity index (χ0n) is 13.7. The average molecular weight is 332 g/mol. The predicted octanol–water partition coefficient (Wildman–Crippen LogP) is 1.69. The van der Waals surface area contributed by atoms with Crippen LogP contribution in [0.4, 0.5) is 0 Å². The van der Waals surface area contributed by atoms with Gasteiger partial charge in [0, 0.05) is 37.0 Å². The quantitative estimate of drug-likeness (QED) is 0.823. The molecule has 1 saturated carbocycles. The third-order valence-corrected chi connectivity index (χ3v) is 5.00. The number of halogens is 1. The van der Waals surface area contributed by atoms with Crippen molar-refractivity contribution in [2.45, 2.75) is 64.5 Å². The molecule has 0 spiro atoms. The van der Waals surface area contributed by atoms with Gasteiger partial charge < -0.3 is 16.0 Å². The van der Waals surface area contributed by atoms with Crippen molar-refractivity contribution in [1.29, 1.82) is 0 Å². The lowest BCUT2D eigenvalue weighted by atomic mass is 9.88. The number of amides is 2. The molecule has 0 radical (unpaired) electrons. The third-order valence-electron chi connectivity index (χ3n) is 5.00. The number of rotatable bonds is 4. The van der Waals surface area contributed by atoms with Crippen molar-refractivity contribution in [3.8, 4) is 0 Å². The molecule has 22 heavy (non-hydrogen) atoms. The normalized spacial score (nSPS) is 25.2. The van der Waals surface area contributed by atoms with Crippen molar-refractivity contribution in [2.75, 3.05) is 13.1 Å². The van der Waals surface area contributed by atoms with Crippen LogP contribution in [0, 0.1) is 11.8 Å². The summed E-state index contributed by atoms with van der Waals surface area (Å²) in [6.45, 7) is 5.12. The maximum atomic E-state index is 12.5. The lowest BCUT2D eigenvalue weighted by molar-refractivity contribution is -0.135. The molecule has 2 amide bonds. The zero-order valence-corrected chi connectivity index (χ0v) is 14.5. The Bertz CT molecular complexity index is 384. The Morgan fingerprint density at radius 1 is 1.14 bits per heavy atom. The second-order valence-electron chi connectivity index (χ2n) is 6.76. The summed E-state index contributed by atoms with van der Waals surface area (Å²) in [5, 5.41) is 3.03. The number of nitrogens with zero attached hydrogens (tertiary/aromatic N) is 1. The van der Waals surface area contributed by atoms with E-state index >= 15 is 0 Å². The molecule has 0 bridgehead atoms. The summed E-state index contributed by atoms with van der Waals surface area (Å²) in [5.74, 6) is 0.331. The van der Waals surface area contributed by atoms with Gasteiger partial charge in [-0.1, -0.05) is 26.2 Å². The number of carbonyl (C=O) groups is 2. The number of likely N-dealkylation sites (tertiary alicyclic amines) is 1. The molecule has 2 rings (SSSR count). The number of nitrogens with one attached hydrogen (secondary N) is 1. The van der Waals surface area contributed by atoms with Crippen LogP contribution in [0.1, 0.15) is 52.4 Å². The highest BCUT2D eigenvalue weighted by atomic mass is 35.5. The Labute approximate surface area is 139 Å². The average Bonchev–Trinajstić information content (AvgIpc) is 2.94. The van der Waals surface area contributed by atoms with E-state index in [1.165, 1.54) is 19.3 Å². The molecule has 128 valence electrons. The van der Waals surface area contributed by atoms with Gasteiger partial charge in [0.25, 0.3) is 0 Å². The van der Waals surface area contributed by atoms with Crippen LogP contribution in [0.2, 0.25) is 0 Å². The van der Waals surface area contributed by atoms with E-state index < -0.39 is 0 Å². The van der Waals surface area contributed by atoms with E-state index in [9.17, 15) is 9.59 Å². The van der Waals surface area contributed by atoms with Gasteiger partial charge in [-0.3, -0.25) is 9.59 Å². The molecule has 1 aliphatic heterocycles. The van der Waals surface area contributed by atoms with E-state index in [1.807, 2.05) is 18.7 Å². The summed E-state index contributed by atoms with van der Waals surface area (Å²) in [6, 6.07) is -0.0578. The summed E-state index contributed by atoms with van der Waals surface area (Å²) >= 11 is 0. The molecule has 6 heteroatoms. The first-order chi connectivity index (χ1) is 9.99. The molecular formula is C16H30ClN3O2. The van der Waals surface area contributed by atoms with Gasteiger partial charge in [0.2, 0.25) is 11.8 Å². The maximum absolute atomic E-state index is 12.5. The Morgan fingerprint density at radius 3 is 2.36 bits per heavy atom. The van der Waals surface area contributed by atoms with Crippen LogP contribution in [0.3, 0.4) is 0 Å². The SMILES string of the molecule is CC(N)C(C)C(=O)NC1CCN(C(=O)C2CCCCC2)C1.Cl. The highest BCUT2D eigenvalue weighted by Crippen LogP contribution is 2.26. The molecule has 0 aromatic rings. The Hall–Kier alpha value is -0.810. The molecule has 1 heterocycles. The second kappa shape index (κ2) is 8.73. The largest absolute Gasteiger partial charge is 0.351 e. The first kappa shape index (κ1) is 19.2. The highest BCUT2D eigenvalue weighted by Gasteiger charge is 2.32. The number of hydrogen-bond acceptors (Lipinski definition) is 3. The van der Waals surface area contributed by atoms with Gasteiger partial charge in [0.05, 0.1) is 0 Å². The van der Waals surface area contributed by atoms with Crippen LogP contribution < -0.4 is 11.1 Å². The smallest absolute Gasteiger partial charge is 0.225 e. The van der Waals surface area contributed by atoms with Gasteiger partial charge in [-0.25, -0.2) is 0 Å². The molecule has 3 atom stereocenters. The van der Waals surface area contributed by atoms with Crippen LogP contribution in [-0.4, -0.2) is 41.9 Å². The summed E-state index contributed by atoms with van der Waals surface area (Å²) < 4.78 is 0. The molecular weight excluding hydrogens is 302 g/mol. The third kappa shape index (κ3) is 4.85. The van der Waals surface area contributed by atoms with E-state index in [4.69, 9.17) is 5.73 Å². The topological polar surface area (TPSA) is 75.4 Å². The summed E-state index contributed by atoms with van der Waals surface area (Å²) in [4.78, 5) is 26.4. The Morgan fingerprint density at radius 2 is 1.77 bits per heavy atom. The summed E-state index contributed by atoms with van der Waals surface area (Å²) in [7, 11) is 0. The van der Waals surface area contributed by atoms with Crippen molar-refractivity contribution in [3.05, 3.63) is 0 Å². The highest BCUT2D eigenvalue weighted by molar-refractivity contribution is 5.85. The first-order valence-electron chi connectivity index (χ1n) is 8.33. The molecule has 1 aliphatic carbocycles. The molecule has 3 unspecified atom stereocenters.